The van der Waals surface area contributed by atoms with Crippen molar-refractivity contribution in [1.82, 2.24) is 9.55 Å². The molecule has 0 fully saturated rings. The molecule has 2 rings (SSSR count). The van der Waals surface area contributed by atoms with Crippen LogP contribution in [0.15, 0.2) is 30.6 Å². The monoisotopic (exact) mass is 261 g/mol. The molecule has 8 nitrogen and oxygen atoms in total. The van der Waals surface area contributed by atoms with Crippen LogP contribution >= 0.6 is 0 Å². The highest BCUT2D eigenvalue weighted by molar-refractivity contribution is 5.95. The van der Waals surface area contributed by atoms with Gasteiger partial charge >= 0.3 is 6.09 Å². The van der Waals surface area contributed by atoms with E-state index in [4.69, 9.17) is 16.6 Å². The third kappa shape index (κ3) is 2.46. The van der Waals surface area contributed by atoms with E-state index < -0.39 is 12.0 Å². The number of rotatable bonds is 3. The number of nitrogen functional groups attached to an aromatic ring is 1. The maximum absolute atomic E-state index is 11.0. The fourth-order valence-electron chi connectivity index (χ4n) is 1.58. The predicted octanol–water partition coefficient (Wildman–Crippen LogP) is 0.643. The summed E-state index contributed by atoms with van der Waals surface area (Å²) in [6.07, 6.45) is 0.223. The van der Waals surface area contributed by atoms with E-state index in [9.17, 15) is 9.59 Å². The van der Waals surface area contributed by atoms with Gasteiger partial charge in [0.05, 0.1) is 0 Å². The zero-order chi connectivity index (χ0) is 14.0. The average molecular weight is 261 g/mol. The van der Waals surface area contributed by atoms with Crippen LogP contribution in [0.5, 0.6) is 0 Å². The Morgan fingerprint density at radius 1 is 1.26 bits per heavy atom. The normalized spacial score (nSPS) is 10.1. The summed E-state index contributed by atoms with van der Waals surface area (Å²) >= 11 is 0. The van der Waals surface area contributed by atoms with Gasteiger partial charge in [-0.05, 0) is 24.3 Å². The molecule has 0 spiro atoms. The molecule has 1 aromatic heterocycles. The van der Waals surface area contributed by atoms with Crippen molar-refractivity contribution in [1.29, 1.82) is 0 Å². The first kappa shape index (κ1) is 12.4. The van der Waals surface area contributed by atoms with Crippen molar-refractivity contribution in [3.63, 3.8) is 0 Å². The molecule has 2 amide bonds. The number of nitrogens with one attached hydrogen (secondary N) is 1. The maximum Gasteiger partial charge on any atom is 0.409 e. The number of amides is 2. The van der Waals surface area contributed by atoms with Crippen molar-refractivity contribution in [3.05, 3.63) is 36.3 Å². The van der Waals surface area contributed by atoms with Gasteiger partial charge in [0.15, 0.2) is 5.69 Å². The minimum atomic E-state index is -1.15. The third-order valence-electron chi connectivity index (χ3n) is 2.43. The highest BCUT2D eigenvalue weighted by Gasteiger charge is 2.13. The smallest absolute Gasteiger partial charge is 0.409 e. The van der Waals surface area contributed by atoms with Crippen molar-refractivity contribution in [3.8, 4) is 5.69 Å². The lowest BCUT2D eigenvalue weighted by Gasteiger charge is -2.06. The van der Waals surface area contributed by atoms with Crippen LogP contribution in [0.3, 0.4) is 0 Å². The van der Waals surface area contributed by atoms with E-state index in [-0.39, 0.29) is 11.5 Å². The van der Waals surface area contributed by atoms with E-state index >= 15 is 0 Å². The largest absolute Gasteiger partial charge is 0.465 e. The summed E-state index contributed by atoms with van der Waals surface area (Å²) in [7, 11) is 0. The lowest BCUT2D eigenvalue weighted by atomic mass is 10.2. The van der Waals surface area contributed by atoms with Crippen LogP contribution in [0.25, 0.3) is 5.69 Å². The summed E-state index contributed by atoms with van der Waals surface area (Å²) in [6.45, 7) is 0. The zero-order valence-corrected chi connectivity index (χ0v) is 9.70. The Bertz CT molecular complexity index is 632. The van der Waals surface area contributed by atoms with Gasteiger partial charge < -0.3 is 16.6 Å². The second kappa shape index (κ2) is 4.69. The van der Waals surface area contributed by atoms with E-state index in [0.29, 0.717) is 11.4 Å². The quantitative estimate of drug-likeness (QED) is 0.642. The second-order valence-corrected chi connectivity index (χ2v) is 3.69. The minimum absolute atomic E-state index is 0.00672. The molecular weight excluding hydrogens is 250 g/mol. The summed E-state index contributed by atoms with van der Waals surface area (Å²) in [5.74, 6) is -0.577. The molecule has 0 bridgehead atoms. The van der Waals surface area contributed by atoms with Crippen molar-refractivity contribution in [2.75, 3.05) is 11.1 Å². The van der Waals surface area contributed by atoms with Gasteiger partial charge in [0, 0.05) is 11.4 Å². The van der Waals surface area contributed by atoms with Crippen molar-refractivity contribution >= 4 is 23.5 Å². The number of carboxylic acid groups (broad SMARTS) is 1. The van der Waals surface area contributed by atoms with Crippen molar-refractivity contribution < 1.29 is 14.7 Å². The van der Waals surface area contributed by atoms with Gasteiger partial charge in [-0.1, -0.05) is 0 Å². The minimum Gasteiger partial charge on any atom is -0.465 e. The molecule has 0 unspecified atom stereocenters. The summed E-state index contributed by atoms with van der Waals surface area (Å²) in [6, 6.07) is 6.39. The predicted molar refractivity (Wildman–Crippen MR) is 68.1 cm³/mol. The van der Waals surface area contributed by atoms with E-state index in [0.717, 1.165) is 0 Å². The van der Waals surface area contributed by atoms with Crippen LogP contribution in [0.1, 0.15) is 10.5 Å². The van der Waals surface area contributed by atoms with Crippen LogP contribution in [0, 0.1) is 0 Å². The SMILES string of the molecule is NC(=O)c1ncn(-c2ccc(NC(=O)O)cc2)c1N. The van der Waals surface area contributed by atoms with Gasteiger partial charge in [-0.2, -0.15) is 0 Å². The Morgan fingerprint density at radius 2 is 1.89 bits per heavy atom. The van der Waals surface area contributed by atoms with E-state index in [1.54, 1.807) is 24.3 Å². The van der Waals surface area contributed by atoms with Crippen molar-refractivity contribution in [2.45, 2.75) is 0 Å². The Labute approximate surface area is 107 Å². The van der Waals surface area contributed by atoms with Crippen LogP contribution in [-0.4, -0.2) is 26.7 Å². The molecule has 0 aliphatic rings. The standard InChI is InChI=1S/C11H11N5O3/c12-9-8(10(13)17)14-5-16(9)7-3-1-6(2-4-7)15-11(18)19/h1-5,15H,12H2,(H2,13,17)(H,18,19). The number of anilines is 2. The second-order valence-electron chi connectivity index (χ2n) is 3.69. The van der Waals surface area contributed by atoms with Crippen molar-refractivity contribution in [2.24, 2.45) is 5.73 Å². The maximum atomic E-state index is 11.0. The summed E-state index contributed by atoms with van der Waals surface area (Å²) in [4.78, 5) is 25.3. The number of nitrogens with two attached hydrogens (primary N) is 2. The number of carbonyl (C=O) groups is 2. The third-order valence-corrected chi connectivity index (χ3v) is 2.43. The molecule has 0 radical (unpaired) electrons. The van der Waals surface area contributed by atoms with Crippen LogP contribution in [-0.2, 0) is 0 Å². The van der Waals surface area contributed by atoms with Gasteiger partial charge in [-0.3, -0.25) is 14.7 Å². The number of imidazole rings is 1. The van der Waals surface area contributed by atoms with Crippen LogP contribution in [0.2, 0.25) is 0 Å². The summed E-state index contributed by atoms with van der Waals surface area (Å²) in [5.41, 5.74) is 11.9. The van der Waals surface area contributed by atoms with Gasteiger partial charge in [0.25, 0.3) is 5.91 Å². The van der Waals surface area contributed by atoms with Crippen LogP contribution in [0.4, 0.5) is 16.3 Å². The highest BCUT2D eigenvalue weighted by Crippen LogP contribution is 2.18. The Hall–Kier alpha value is -3.03. The molecule has 19 heavy (non-hydrogen) atoms. The number of benzene rings is 1. The molecule has 98 valence electrons. The number of nitrogens with zero attached hydrogens (tertiary/aromatic N) is 2. The van der Waals surface area contributed by atoms with E-state index in [2.05, 4.69) is 10.3 Å². The topological polar surface area (TPSA) is 136 Å². The Balaban J connectivity index is 2.32. The molecule has 2 aromatic rings. The number of carbonyl (C=O) groups excluding carboxylic acids is 1. The number of aromatic nitrogens is 2. The molecule has 0 saturated carbocycles. The molecular formula is C11H11N5O3. The fraction of sp³-hybridized carbons (Fsp3) is 0. The molecule has 0 saturated heterocycles. The molecule has 0 atom stereocenters. The number of hydrogen-bond acceptors (Lipinski definition) is 4. The molecule has 8 heteroatoms. The molecule has 6 N–H and O–H groups in total. The molecule has 0 aliphatic heterocycles. The van der Waals surface area contributed by atoms with Crippen LogP contribution < -0.4 is 16.8 Å². The average Bonchev–Trinajstić information content (AvgIpc) is 2.71. The molecule has 1 heterocycles. The first-order valence-corrected chi connectivity index (χ1v) is 5.22. The zero-order valence-electron chi connectivity index (χ0n) is 9.70. The fourth-order valence-corrected chi connectivity index (χ4v) is 1.58. The summed E-state index contributed by atoms with van der Waals surface area (Å²) < 4.78 is 1.48. The molecule has 1 aromatic carbocycles. The Morgan fingerprint density at radius 3 is 2.37 bits per heavy atom. The Kier molecular flexibility index (Phi) is 3.06. The first-order valence-electron chi connectivity index (χ1n) is 5.22. The molecule has 0 aliphatic carbocycles. The van der Waals surface area contributed by atoms with E-state index in [1.807, 2.05) is 0 Å². The first-order chi connectivity index (χ1) is 8.99. The lowest BCUT2D eigenvalue weighted by Crippen LogP contribution is -2.14. The lowest BCUT2D eigenvalue weighted by molar-refractivity contribution is 0.0997. The van der Waals surface area contributed by atoms with Gasteiger partial charge in [-0.25, -0.2) is 9.78 Å². The van der Waals surface area contributed by atoms with E-state index in [1.165, 1.54) is 10.9 Å². The highest BCUT2D eigenvalue weighted by atomic mass is 16.4. The number of primary amides is 1. The van der Waals surface area contributed by atoms with Gasteiger partial charge in [0.1, 0.15) is 12.1 Å². The van der Waals surface area contributed by atoms with Gasteiger partial charge in [0.2, 0.25) is 0 Å². The number of hydrogen-bond donors (Lipinski definition) is 4. The summed E-state index contributed by atoms with van der Waals surface area (Å²) in [5, 5.41) is 10.8. The van der Waals surface area contributed by atoms with Gasteiger partial charge in [-0.15, -0.1) is 0 Å².